The van der Waals surface area contributed by atoms with E-state index in [1.807, 2.05) is 12.2 Å². The summed E-state index contributed by atoms with van der Waals surface area (Å²) in [5.41, 5.74) is 0. The molecule has 6 heteroatoms. The quantitative estimate of drug-likeness (QED) is 0.415. The predicted octanol–water partition coefficient (Wildman–Crippen LogP) is 0.394. The average molecular weight is 262 g/mol. The molecule has 0 N–H and O–H groups in total. The second-order valence-corrected chi connectivity index (χ2v) is 4.55. The molecule has 1 aliphatic heterocycles. The SMILES string of the molecule is N#CCOC(=O)CCN1C(=O)[C@H]2CC=CC[C@@H]2C1=O. The lowest BCUT2D eigenvalue weighted by Gasteiger charge is -2.14. The van der Waals surface area contributed by atoms with E-state index < -0.39 is 5.97 Å². The van der Waals surface area contributed by atoms with Crippen molar-refractivity contribution in [2.24, 2.45) is 11.8 Å². The van der Waals surface area contributed by atoms with E-state index in [1.165, 1.54) is 0 Å². The number of amides is 2. The number of hydrogen-bond acceptors (Lipinski definition) is 5. The van der Waals surface area contributed by atoms with E-state index in [0.29, 0.717) is 12.8 Å². The molecule has 1 fully saturated rings. The summed E-state index contributed by atoms with van der Waals surface area (Å²) < 4.78 is 4.58. The van der Waals surface area contributed by atoms with Crippen LogP contribution in [0.3, 0.4) is 0 Å². The molecule has 0 aromatic rings. The third-order valence-corrected chi connectivity index (χ3v) is 3.44. The zero-order valence-corrected chi connectivity index (χ0v) is 10.4. The fraction of sp³-hybridized carbons (Fsp3) is 0.538. The molecule has 100 valence electrons. The van der Waals surface area contributed by atoms with Crippen molar-refractivity contribution in [1.29, 1.82) is 5.26 Å². The molecule has 0 unspecified atom stereocenters. The van der Waals surface area contributed by atoms with Crippen molar-refractivity contribution in [3.8, 4) is 6.07 Å². The molecule has 2 rings (SSSR count). The highest BCUT2D eigenvalue weighted by molar-refractivity contribution is 6.05. The maximum Gasteiger partial charge on any atom is 0.308 e. The number of likely N-dealkylation sites (tertiary alicyclic amines) is 1. The molecule has 2 aliphatic rings. The van der Waals surface area contributed by atoms with Gasteiger partial charge in [0.05, 0.1) is 18.3 Å². The summed E-state index contributed by atoms with van der Waals surface area (Å²) in [6.07, 6.45) is 4.94. The molecule has 1 saturated heterocycles. The van der Waals surface area contributed by atoms with Crippen molar-refractivity contribution in [3.63, 3.8) is 0 Å². The second kappa shape index (κ2) is 5.65. The van der Waals surface area contributed by atoms with Crippen LogP contribution in [0.1, 0.15) is 19.3 Å². The summed E-state index contributed by atoms with van der Waals surface area (Å²) in [6, 6.07) is 1.69. The van der Waals surface area contributed by atoms with E-state index in [4.69, 9.17) is 5.26 Å². The molecular formula is C13H14N2O4. The Labute approximate surface area is 110 Å². The first-order valence-corrected chi connectivity index (χ1v) is 6.18. The largest absolute Gasteiger partial charge is 0.450 e. The summed E-state index contributed by atoms with van der Waals surface area (Å²) >= 11 is 0. The van der Waals surface area contributed by atoms with E-state index in [2.05, 4.69) is 4.74 Å². The molecular weight excluding hydrogens is 248 g/mol. The number of esters is 1. The van der Waals surface area contributed by atoms with Gasteiger partial charge in [-0.2, -0.15) is 5.26 Å². The van der Waals surface area contributed by atoms with Crippen LogP contribution < -0.4 is 0 Å². The van der Waals surface area contributed by atoms with Crippen LogP contribution >= 0.6 is 0 Å². The topological polar surface area (TPSA) is 87.5 Å². The number of carbonyl (C=O) groups excluding carboxylic acids is 3. The number of carbonyl (C=O) groups is 3. The Hall–Kier alpha value is -2.16. The van der Waals surface area contributed by atoms with Crippen LogP contribution in [0.5, 0.6) is 0 Å². The highest BCUT2D eigenvalue weighted by Crippen LogP contribution is 2.34. The minimum absolute atomic E-state index is 0.0366. The van der Waals surface area contributed by atoms with Crippen LogP contribution in [-0.4, -0.2) is 35.8 Å². The summed E-state index contributed by atoms with van der Waals surface area (Å²) in [5.74, 6) is -1.52. The van der Waals surface area contributed by atoms with E-state index in [1.54, 1.807) is 6.07 Å². The smallest absolute Gasteiger partial charge is 0.308 e. The van der Waals surface area contributed by atoms with E-state index >= 15 is 0 Å². The number of rotatable bonds is 4. The van der Waals surface area contributed by atoms with Crippen molar-refractivity contribution in [3.05, 3.63) is 12.2 Å². The van der Waals surface area contributed by atoms with Crippen LogP contribution in [-0.2, 0) is 19.1 Å². The first-order valence-electron chi connectivity index (χ1n) is 6.18. The fourth-order valence-corrected chi connectivity index (χ4v) is 2.48. The Balaban J connectivity index is 1.91. The highest BCUT2D eigenvalue weighted by Gasteiger charge is 2.46. The molecule has 0 radical (unpaired) electrons. The van der Waals surface area contributed by atoms with Crippen molar-refractivity contribution >= 4 is 17.8 Å². The van der Waals surface area contributed by atoms with Crippen molar-refractivity contribution in [2.75, 3.05) is 13.2 Å². The number of hydrogen-bond donors (Lipinski definition) is 0. The Kier molecular flexibility index (Phi) is 3.95. The van der Waals surface area contributed by atoms with Crippen molar-refractivity contribution < 1.29 is 19.1 Å². The van der Waals surface area contributed by atoms with Gasteiger partial charge < -0.3 is 4.74 Å². The van der Waals surface area contributed by atoms with Crippen molar-refractivity contribution in [1.82, 2.24) is 4.90 Å². The lowest BCUT2D eigenvalue weighted by atomic mass is 9.85. The highest BCUT2D eigenvalue weighted by atomic mass is 16.5. The summed E-state index contributed by atoms with van der Waals surface area (Å²) in [6.45, 7) is -0.273. The van der Waals surface area contributed by atoms with E-state index in [-0.39, 0.29) is 43.2 Å². The number of imide groups is 1. The Bertz CT molecular complexity index is 452. The number of nitrogens with zero attached hydrogens (tertiary/aromatic N) is 2. The van der Waals surface area contributed by atoms with E-state index in [9.17, 15) is 14.4 Å². The second-order valence-electron chi connectivity index (χ2n) is 4.55. The van der Waals surface area contributed by atoms with Gasteiger partial charge in [0.15, 0.2) is 6.61 Å². The number of allylic oxidation sites excluding steroid dienone is 2. The number of ether oxygens (including phenoxy) is 1. The van der Waals surface area contributed by atoms with Gasteiger partial charge in [0, 0.05) is 6.54 Å². The standard InChI is InChI=1S/C13H14N2O4/c14-6-8-19-11(16)5-7-15-12(17)9-3-1-2-4-10(9)13(15)18/h1-2,9-10H,3-5,7-8H2/t9-,10-/m0/s1. The summed E-state index contributed by atoms with van der Waals surface area (Å²) in [7, 11) is 0. The zero-order valence-electron chi connectivity index (χ0n) is 10.4. The molecule has 2 amide bonds. The van der Waals surface area contributed by atoms with Gasteiger partial charge in [0.1, 0.15) is 6.07 Å². The van der Waals surface area contributed by atoms with Gasteiger partial charge in [-0.3, -0.25) is 19.3 Å². The molecule has 0 saturated carbocycles. The number of nitriles is 1. The Morgan fingerprint density at radius 3 is 2.42 bits per heavy atom. The molecule has 0 aromatic heterocycles. The van der Waals surface area contributed by atoms with Gasteiger partial charge >= 0.3 is 5.97 Å². The van der Waals surface area contributed by atoms with Gasteiger partial charge in [0.25, 0.3) is 0 Å². The summed E-state index contributed by atoms with van der Waals surface area (Å²) in [4.78, 5) is 36.5. The zero-order chi connectivity index (χ0) is 13.8. The monoisotopic (exact) mass is 262 g/mol. The molecule has 2 atom stereocenters. The normalized spacial score (nSPS) is 25.1. The first kappa shape index (κ1) is 13.3. The van der Waals surface area contributed by atoms with Gasteiger partial charge in [-0.05, 0) is 12.8 Å². The van der Waals surface area contributed by atoms with Crippen LogP contribution in [0, 0.1) is 23.2 Å². The predicted molar refractivity (Wildman–Crippen MR) is 63.3 cm³/mol. The minimum Gasteiger partial charge on any atom is -0.450 e. The van der Waals surface area contributed by atoms with E-state index in [0.717, 1.165) is 4.90 Å². The third-order valence-electron chi connectivity index (χ3n) is 3.44. The van der Waals surface area contributed by atoms with Gasteiger partial charge in [-0.25, -0.2) is 0 Å². The van der Waals surface area contributed by atoms with Crippen LogP contribution in [0.4, 0.5) is 0 Å². The van der Waals surface area contributed by atoms with Crippen LogP contribution in [0.15, 0.2) is 12.2 Å². The van der Waals surface area contributed by atoms with Crippen molar-refractivity contribution in [2.45, 2.75) is 19.3 Å². The molecule has 19 heavy (non-hydrogen) atoms. The van der Waals surface area contributed by atoms with Crippen LogP contribution in [0.2, 0.25) is 0 Å². The maximum absolute atomic E-state index is 12.0. The van der Waals surface area contributed by atoms with Gasteiger partial charge in [-0.15, -0.1) is 0 Å². The van der Waals surface area contributed by atoms with Gasteiger partial charge in [-0.1, -0.05) is 12.2 Å². The molecule has 0 aromatic carbocycles. The lowest BCUT2D eigenvalue weighted by Crippen LogP contribution is -2.33. The molecule has 0 spiro atoms. The van der Waals surface area contributed by atoms with Gasteiger partial charge in [0.2, 0.25) is 11.8 Å². The number of fused-ring (bicyclic) bond motifs is 1. The molecule has 0 bridgehead atoms. The molecule has 6 nitrogen and oxygen atoms in total. The average Bonchev–Trinajstić information content (AvgIpc) is 2.67. The van der Waals surface area contributed by atoms with Crippen LogP contribution in [0.25, 0.3) is 0 Å². The fourth-order valence-electron chi connectivity index (χ4n) is 2.48. The maximum atomic E-state index is 12.0. The Morgan fingerprint density at radius 1 is 1.32 bits per heavy atom. The molecule has 1 aliphatic carbocycles. The Morgan fingerprint density at radius 2 is 1.89 bits per heavy atom. The lowest BCUT2D eigenvalue weighted by molar-refractivity contribution is -0.144. The summed E-state index contributed by atoms with van der Waals surface area (Å²) in [5, 5.41) is 8.27. The third kappa shape index (κ3) is 2.65. The molecule has 1 heterocycles. The first-order chi connectivity index (χ1) is 9.15. The minimum atomic E-state index is -0.574.